The second kappa shape index (κ2) is 9.11. The number of ether oxygens (including phenoxy) is 2. The van der Waals surface area contributed by atoms with E-state index in [-0.39, 0.29) is 22.8 Å². The first kappa shape index (κ1) is 18.8. The molecular formula is C19H24O6. The van der Waals surface area contributed by atoms with Crippen LogP contribution in [0.3, 0.4) is 0 Å². The van der Waals surface area contributed by atoms with E-state index in [1.54, 1.807) is 6.07 Å². The van der Waals surface area contributed by atoms with Crippen molar-refractivity contribution in [3.8, 4) is 17.2 Å². The van der Waals surface area contributed by atoms with E-state index >= 15 is 0 Å². The number of phenolic OH excluding ortho intramolecular Hbond substituents is 1. The van der Waals surface area contributed by atoms with Gasteiger partial charge in [-0.1, -0.05) is 39.0 Å². The van der Waals surface area contributed by atoms with E-state index in [0.717, 1.165) is 19.3 Å². The minimum Gasteiger partial charge on any atom is -0.508 e. The summed E-state index contributed by atoms with van der Waals surface area (Å²) in [5.41, 5.74) is -0.634. The monoisotopic (exact) mass is 348 g/mol. The molecule has 6 nitrogen and oxygen atoms in total. The minimum absolute atomic E-state index is 0.0299. The quantitative estimate of drug-likeness (QED) is 0.416. The molecule has 0 aliphatic heterocycles. The number of hydrogen-bond donors (Lipinski definition) is 1. The fourth-order valence-electron chi connectivity index (χ4n) is 2.58. The summed E-state index contributed by atoms with van der Waals surface area (Å²) in [7, 11) is 0. The van der Waals surface area contributed by atoms with Crippen LogP contribution in [0.4, 0.5) is 0 Å². The van der Waals surface area contributed by atoms with Crippen molar-refractivity contribution >= 4 is 16.9 Å². The molecule has 0 radical (unpaired) electrons. The van der Waals surface area contributed by atoms with Crippen LogP contribution in [0.1, 0.15) is 52.4 Å². The zero-order valence-electron chi connectivity index (χ0n) is 14.7. The van der Waals surface area contributed by atoms with Crippen LogP contribution in [0, 0.1) is 0 Å². The van der Waals surface area contributed by atoms with E-state index < -0.39 is 11.6 Å². The van der Waals surface area contributed by atoms with E-state index in [1.807, 2.05) is 0 Å². The summed E-state index contributed by atoms with van der Waals surface area (Å²) in [6.07, 6.45) is 6.63. The summed E-state index contributed by atoms with van der Waals surface area (Å²) in [5, 5.41) is 10.0. The van der Waals surface area contributed by atoms with E-state index in [0.29, 0.717) is 12.0 Å². The lowest BCUT2D eigenvalue weighted by atomic mass is 10.1. The Morgan fingerprint density at radius 1 is 1.12 bits per heavy atom. The van der Waals surface area contributed by atoms with Crippen molar-refractivity contribution in [1.29, 1.82) is 0 Å². The smallest absolute Gasteiger partial charge is 0.383 e. The summed E-state index contributed by atoms with van der Waals surface area (Å²) in [5.74, 6) is -0.737. The van der Waals surface area contributed by atoms with E-state index in [2.05, 4.69) is 6.92 Å². The summed E-state index contributed by atoms with van der Waals surface area (Å²) in [6.45, 7) is 3.78. The Kier molecular flexibility index (Phi) is 6.86. The van der Waals surface area contributed by atoms with Gasteiger partial charge >= 0.3 is 11.6 Å². The van der Waals surface area contributed by atoms with Crippen molar-refractivity contribution in [3.05, 3.63) is 28.6 Å². The number of unbranched alkanes of at least 4 members (excludes halogenated alkanes) is 5. The third kappa shape index (κ3) is 5.24. The number of phenols is 1. The molecule has 0 saturated carbocycles. The molecule has 136 valence electrons. The standard InChI is InChI=1S/C19H24O6/c1-3-4-5-6-7-8-11-23-17-15-10-9-14(21)12-16(15)25-19(22)18(17)24-13(2)20/h9-10,12,21H,3-8,11H2,1-2H3. The first-order valence-electron chi connectivity index (χ1n) is 8.64. The van der Waals surface area contributed by atoms with Gasteiger partial charge in [0.25, 0.3) is 5.75 Å². The van der Waals surface area contributed by atoms with Gasteiger partial charge < -0.3 is 19.0 Å². The molecule has 0 amide bonds. The SMILES string of the molecule is CCCCCCCCOc1c(OC(C)=O)c(=O)oc2cc(O)ccc12. The molecule has 1 N–H and O–H groups in total. The highest BCUT2D eigenvalue weighted by atomic mass is 16.6. The Morgan fingerprint density at radius 2 is 1.84 bits per heavy atom. The predicted octanol–water partition coefficient (Wildman–Crippen LogP) is 4.16. The first-order valence-corrected chi connectivity index (χ1v) is 8.64. The van der Waals surface area contributed by atoms with Crippen molar-refractivity contribution in [3.63, 3.8) is 0 Å². The van der Waals surface area contributed by atoms with Gasteiger partial charge in [0.05, 0.1) is 12.0 Å². The largest absolute Gasteiger partial charge is 0.508 e. The Labute approximate surface area is 146 Å². The highest BCUT2D eigenvalue weighted by Crippen LogP contribution is 2.34. The van der Waals surface area contributed by atoms with Crippen molar-refractivity contribution in [1.82, 2.24) is 0 Å². The molecule has 0 aliphatic carbocycles. The van der Waals surface area contributed by atoms with Crippen molar-refractivity contribution in [2.75, 3.05) is 6.61 Å². The third-order valence-electron chi connectivity index (χ3n) is 3.79. The zero-order chi connectivity index (χ0) is 18.2. The molecular weight excluding hydrogens is 324 g/mol. The lowest BCUT2D eigenvalue weighted by Gasteiger charge is -2.12. The average Bonchev–Trinajstić information content (AvgIpc) is 2.56. The average molecular weight is 348 g/mol. The van der Waals surface area contributed by atoms with Gasteiger partial charge in [-0.05, 0) is 18.6 Å². The number of carbonyl (C=O) groups excluding carboxylic acids is 1. The fourth-order valence-corrected chi connectivity index (χ4v) is 2.58. The van der Waals surface area contributed by atoms with E-state index in [1.165, 1.54) is 38.3 Å². The second-order valence-electron chi connectivity index (χ2n) is 5.94. The van der Waals surface area contributed by atoms with Crippen LogP contribution in [-0.2, 0) is 4.79 Å². The van der Waals surface area contributed by atoms with Crippen LogP contribution in [0.2, 0.25) is 0 Å². The van der Waals surface area contributed by atoms with Crippen LogP contribution >= 0.6 is 0 Å². The van der Waals surface area contributed by atoms with Gasteiger partial charge in [-0.2, -0.15) is 0 Å². The summed E-state index contributed by atoms with van der Waals surface area (Å²) in [6, 6.07) is 4.35. The molecule has 6 heteroatoms. The van der Waals surface area contributed by atoms with Crippen LogP contribution in [-0.4, -0.2) is 17.7 Å². The predicted molar refractivity (Wildman–Crippen MR) is 94.3 cm³/mol. The maximum Gasteiger partial charge on any atom is 0.383 e. The molecule has 0 fully saturated rings. The molecule has 1 aromatic heterocycles. The van der Waals surface area contributed by atoms with Crippen molar-refractivity contribution in [2.24, 2.45) is 0 Å². The minimum atomic E-state index is -0.814. The molecule has 1 aromatic carbocycles. The third-order valence-corrected chi connectivity index (χ3v) is 3.79. The number of fused-ring (bicyclic) bond motifs is 1. The molecule has 0 aliphatic rings. The normalized spacial score (nSPS) is 10.8. The lowest BCUT2D eigenvalue weighted by molar-refractivity contribution is -0.132. The summed E-state index contributed by atoms with van der Waals surface area (Å²) >= 11 is 0. The number of benzene rings is 1. The number of hydrogen-bond acceptors (Lipinski definition) is 6. The lowest BCUT2D eigenvalue weighted by Crippen LogP contribution is -2.13. The Hall–Kier alpha value is -2.50. The molecule has 25 heavy (non-hydrogen) atoms. The van der Waals surface area contributed by atoms with Gasteiger partial charge in [0, 0.05) is 13.0 Å². The maximum absolute atomic E-state index is 12.1. The molecule has 2 rings (SSSR count). The fraction of sp³-hybridized carbons (Fsp3) is 0.474. The topological polar surface area (TPSA) is 86.0 Å². The Bertz CT molecular complexity index is 777. The number of aromatic hydroxyl groups is 1. The van der Waals surface area contributed by atoms with Gasteiger partial charge in [0.15, 0.2) is 5.75 Å². The Balaban J connectivity index is 2.19. The number of carbonyl (C=O) groups is 1. The molecule has 0 unspecified atom stereocenters. The van der Waals surface area contributed by atoms with Crippen LogP contribution in [0.25, 0.3) is 11.0 Å². The number of rotatable bonds is 9. The molecule has 0 atom stereocenters. The van der Waals surface area contributed by atoms with Gasteiger partial charge in [0.2, 0.25) is 0 Å². The van der Waals surface area contributed by atoms with Gasteiger partial charge in [-0.15, -0.1) is 0 Å². The van der Waals surface area contributed by atoms with Crippen molar-refractivity contribution < 1.29 is 23.8 Å². The van der Waals surface area contributed by atoms with Gasteiger partial charge in [-0.25, -0.2) is 4.79 Å². The van der Waals surface area contributed by atoms with Crippen LogP contribution < -0.4 is 15.1 Å². The summed E-state index contributed by atoms with van der Waals surface area (Å²) in [4.78, 5) is 23.4. The molecule has 0 bridgehead atoms. The molecule has 1 heterocycles. The van der Waals surface area contributed by atoms with Gasteiger partial charge in [-0.3, -0.25) is 4.79 Å². The zero-order valence-corrected chi connectivity index (χ0v) is 14.7. The van der Waals surface area contributed by atoms with Crippen LogP contribution in [0.5, 0.6) is 17.2 Å². The van der Waals surface area contributed by atoms with Crippen molar-refractivity contribution in [2.45, 2.75) is 52.4 Å². The molecule has 0 spiro atoms. The maximum atomic E-state index is 12.1. The number of esters is 1. The van der Waals surface area contributed by atoms with E-state index in [4.69, 9.17) is 13.9 Å². The van der Waals surface area contributed by atoms with Crippen LogP contribution in [0.15, 0.2) is 27.4 Å². The highest BCUT2D eigenvalue weighted by Gasteiger charge is 2.19. The highest BCUT2D eigenvalue weighted by molar-refractivity contribution is 5.87. The molecule has 0 saturated heterocycles. The first-order chi connectivity index (χ1) is 12.0. The Morgan fingerprint density at radius 3 is 2.56 bits per heavy atom. The molecule has 2 aromatic rings. The van der Waals surface area contributed by atoms with Gasteiger partial charge in [0.1, 0.15) is 11.3 Å². The second-order valence-corrected chi connectivity index (χ2v) is 5.94. The van der Waals surface area contributed by atoms with E-state index in [9.17, 15) is 14.7 Å². The summed E-state index contributed by atoms with van der Waals surface area (Å²) < 4.78 is 15.9.